The van der Waals surface area contributed by atoms with Gasteiger partial charge in [0.1, 0.15) is 13.2 Å². The minimum atomic E-state index is 0.194. The molecule has 0 aliphatic rings. The molecule has 9 heteroatoms. The van der Waals surface area contributed by atoms with Crippen molar-refractivity contribution in [1.29, 1.82) is 0 Å². The fraction of sp³-hybridized carbons (Fsp3) is 1.00. The van der Waals surface area contributed by atoms with Crippen molar-refractivity contribution in [3.8, 4) is 0 Å². The third-order valence-corrected chi connectivity index (χ3v) is 4.03. The van der Waals surface area contributed by atoms with Crippen molar-refractivity contribution in [1.82, 2.24) is 0 Å². The fourth-order valence-electron chi connectivity index (χ4n) is 2.39. The van der Waals surface area contributed by atoms with Gasteiger partial charge < -0.3 is 4.74 Å². The molecule has 9 nitrogen and oxygen atoms in total. The van der Waals surface area contributed by atoms with E-state index >= 15 is 0 Å². The highest BCUT2D eigenvalue weighted by Crippen LogP contribution is 2.05. The SMILES string of the molecule is CCCCCCCCOOOOCCOCCOOOOCCCCCCCC. The monoisotopic (exact) mass is 426 g/mol. The highest BCUT2D eigenvalue weighted by atomic mass is 17.7. The van der Waals surface area contributed by atoms with Crippen LogP contribution < -0.4 is 0 Å². The van der Waals surface area contributed by atoms with E-state index in [-0.39, 0.29) is 13.2 Å². The van der Waals surface area contributed by atoms with Crippen LogP contribution in [0.2, 0.25) is 0 Å². The van der Waals surface area contributed by atoms with Gasteiger partial charge in [0, 0.05) is 0 Å². The summed E-state index contributed by atoms with van der Waals surface area (Å²) in [4.78, 5) is 19.1. The van der Waals surface area contributed by atoms with Gasteiger partial charge in [0.25, 0.3) is 0 Å². The highest BCUT2D eigenvalue weighted by molar-refractivity contribution is 4.42. The summed E-state index contributed by atoms with van der Waals surface area (Å²) < 4.78 is 5.21. The summed E-state index contributed by atoms with van der Waals surface area (Å²) in [5.41, 5.74) is 0. The van der Waals surface area contributed by atoms with E-state index in [1.165, 1.54) is 51.4 Å². The predicted molar refractivity (Wildman–Crippen MR) is 106 cm³/mol. The highest BCUT2D eigenvalue weighted by Gasteiger charge is 1.97. The summed E-state index contributed by atoms with van der Waals surface area (Å²) in [6.07, 6.45) is 14.2. The van der Waals surface area contributed by atoms with Gasteiger partial charge in [-0.3, -0.25) is 0 Å². The Bertz CT molecular complexity index is 257. The zero-order chi connectivity index (χ0) is 21.1. The number of hydrogen-bond donors (Lipinski definition) is 0. The van der Waals surface area contributed by atoms with E-state index in [0.29, 0.717) is 26.4 Å². The lowest BCUT2D eigenvalue weighted by Gasteiger charge is -2.05. The molecule has 0 aliphatic heterocycles. The number of unbranched alkanes of at least 4 members (excludes halogenated alkanes) is 10. The molecule has 0 N–H and O–H groups in total. The quantitative estimate of drug-likeness (QED) is 0.103. The zero-order valence-corrected chi connectivity index (χ0v) is 18.4. The van der Waals surface area contributed by atoms with E-state index in [0.717, 1.165) is 25.7 Å². The molecule has 0 aliphatic carbocycles. The van der Waals surface area contributed by atoms with Gasteiger partial charge in [-0.1, -0.05) is 78.1 Å². The minimum absolute atomic E-state index is 0.194. The van der Waals surface area contributed by atoms with Gasteiger partial charge in [0.2, 0.25) is 0 Å². The van der Waals surface area contributed by atoms with E-state index in [9.17, 15) is 0 Å². The van der Waals surface area contributed by atoms with Crippen LogP contribution in [0.3, 0.4) is 0 Å². The summed E-state index contributed by atoms with van der Waals surface area (Å²) in [6, 6.07) is 0. The molecule has 0 rings (SSSR count). The average molecular weight is 427 g/mol. The van der Waals surface area contributed by atoms with Crippen molar-refractivity contribution in [3.63, 3.8) is 0 Å². The Balaban J connectivity index is 2.97. The Morgan fingerprint density at radius 3 is 1.10 bits per heavy atom. The van der Waals surface area contributed by atoms with Crippen LogP contribution in [0.4, 0.5) is 0 Å². The normalized spacial score (nSPS) is 11.4. The second kappa shape index (κ2) is 27.6. The molecule has 0 unspecified atom stereocenters. The van der Waals surface area contributed by atoms with Crippen LogP contribution in [0.15, 0.2) is 0 Å². The maximum atomic E-state index is 5.21. The first kappa shape index (κ1) is 28.6. The largest absolute Gasteiger partial charge is 0.376 e. The molecule has 0 amide bonds. The maximum absolute atomic E-state index is 5.21. The summed E-state index contributed by atoms with van der Waals surface area (Å²) in [5.74, 6) is 0. The van der Waals surface area contributed by atoms with Crippen molar-refractivity contribution in [2.24, 2.45) is 0 Å². The molecule has 0 aromatic carbocycles. The van der Waals surface area contributed by atoms with Crippen molar-refractivity contribution in [2.45, 2.75) is 90.9 Å². The van der Waals surface area contributed by atoms with E-state index in [1.807, 2.05) is 0 Å². The minimum Gasteiger partial charge on any atom is -0.376 e. The zero-order valence-electron chi connectivity index (χ0n) is 18.4. The van der Waals surface area contributed by atoms with Crippen molar-refractivity contribution < 1.29 is 44.4 Å². The Morgan fingerprint density at radius 1 is 0.345 bits per heavy atom. The van der Waals surface area contributed by atoms with E-state index in [4.69, 9.17) is 24.3 Å². The molecule has 0 aromatic rings. The van der Waals surface area contributed by atoms with Crippen LogP contribution in [0.1, 0.15) is 90.9 Å². The second-order valence-corrected chi connectivity index (χ2v) is 6.71. The van der Waals surface area contributed by atoms with E-state index in [2.05, 4.69) is 34.0 Å². The predicted octanol–water partition coefficient (Wildman–Crippen LogP) is 5.35. The molecule has 0 heterocycles. The molecular formula is C20H42O9. The average Bonchev–Trinajstić information content (AvgIpc) is 2.74. The first-order valence-electron chi connectivity index (χ1n) is 11.1. The molecule has 0 saturated heterocycles. The maximum Gasteiger partial charge on any atom is 0.109 e. The first-order chi connectivity index (χ1) is 14.4. The Morgan fingerprint density at radius 2 is 0.690 bits per heavy atom. The van der Waals surface area contributed by atoms with Crippen LogP contribution in [0.5, 0.6) is 0 Å². The lowest BCUT2D eigenvalue weighted by atomic mass is 10.1. The molecule has 0 bridgehead atoms. The molecule has 0 aromatic heterocycles. The van der Waals surface area contributed by atoms with Gasteiger partial charge in [0.05, 0.1) is 26.4 Å². The molecule has 0 atom stereocenters. The molecule has 0 saturated carbocycles. The lowest BCUT2D eigenvalue weighted by Crippen LogP contribution is -2.10. The molecular weight excluding hydrogens is 384 g/mol. The number of rotatable bonds is 26. The third kappa shape index (κ3) is 27.6. The van der Waals surface area contributed by atoms with E-state index < -0.39 is 0 Å². The van der Waals surface area contributed by atoms with Gasteiger partial charge in [-0.2, -0.15) is 0 Å². The summed E-state index contributed by atoms with van der Waals surface area (Å²) in [5, 5.41) is 17.7. The van der Waals surface area contributed by atoms with Gasteiger partial charge in [-0.25, -0.2) is 19.6 Å². The third-order valence-electron chi connectivity index (χ3n) is 4.03. The number of hydrogen-bond acceptors (Lipinski definition) is 9. The molecule has 176 valence electrons. The van der Waals surface area contributed by atoms with E-state index in [1.54, 1.807) is 0 Å². The smallest absolute Gasteiger partial charge is 0.109 e. The summed E-state index contributed by atoms with van der Waals surface area (Å²) in [6.45, 7) is 6.36. The number of ether oxygens (including phenoxy) is 1. The molecule has 0 spiro atoms. The Labute approximate surface area is 175 Å². The van der Waals surface area contributed by atoms with Crippen LogP contribution in [0.25, 0.3) is 0 Å². The summed E-state index contributed by atoms with van der Waals surface area (Å²) >= 11 is 0. The van der Waals surface area contributed by atoms with Crippen LogP contribution >= 0.6 is 0 Å². The van der Waals surface area contributed by atoms with Gasteiger partial charge in [-0.15, -0.1) is 0 Å². The van der Waals surface area contributed by atoms with Crippen molar-refractivity contribution >= 4 is 0 Å². The molecule has 0 fully saturated rings. The second-order valence-electron chi connectivity index (χ2n) is 6.71. The Hall–Kier alpha value is -0.360. The molecule has 29 heavy (non-hydrogen) atoms. The first-order valence-corrected chi connectivity index (χ1v) is 11.1. The Kier molecular flexibility index (Phi) is 27.3. The van der Waals surface area contributed by atoms with Crippen LogP contribution in [0, 0.1) is 0 Å². The van der Waals surface area contributed by atoms with Gasteiger partial charge >= 0.3 is 0 Å². The lowest BCUT2D eigenvalue weighted by molar-refractivity contribution is -0.636. The topological polar surface area (TPSA) is 83.1 Å². The summed E-state index contributed by atoms with van der Waals surface area (Å²) in [7, 11) is 0. The fourth-order valence-corrected chi connectivity index (χ4v) is 2.39. The standard InChI is InChI=1S/C20H42O9/c1-3-5-7-9-11-13-15-22-26-28-24-19-17-21-18-20-25-29-27-23-16-14-12-10-8-6-4-2/h3-20H2,1-2H3. The van der Waals surface area contributed by atoms with Crippen LogP contribution in [-0.2, 0) is 44.4 Å². The van der Waals surface area contributed by atoms with Crippen molar-refractivity contribution in [3.05, 3.63) is 0 Å². The van der Waals surface area contributed by atoms with Gasteiger partial charge in [0.15, 0.2) is 0 Å². The van der Waals surface area contributed by atoms with Gasteiger partial charge in [-0.05, 0) is 33.0 Å². The van der Waals surface area contributed by atoms with Crippen molar-refractivity contribution in [2.75, 3.05) is 39.6 Å². The molecule has 0 radical (unpaired) electrons. The van der Waals surface area contributed by atoms with Crippen LogP contribution in [-0.4, -0.2) is 39.6 Å².